The smallest absolute Gasteiger partial charge is 0.308 e. The maximum absolute atomic E-state index is 14.2. The van der Waals surface area contributed by atoms with E-state index in [-0.39, 0.29) is 53.2 Å². The van der Waals surface area contributed by atoms with Gasteiger partial charge in [-0.05, 0) is 62.5 Å². The summed E-state index contributed by atoms with van der Waals surface area (Å²) in [7, 11) is 0. The van der Waals surface area contributed by atoms with Crippen molar-refractivity contribution in [3.63, 3.8) is 0 Å². The van der Waals surface area contributed by atoms with Crippen LogP contribution in [0.5, 0.6) is 0 Å². The van der Waals surface area contributed by atoms with E-state index in [1.165, 1.54) is 6.42 Å². The SMILES string of the molecule is CC(C)C(=O)OCC(=O)[C@@]12O[C@@H](C3CCCCC3)O[C@@H]1CC1C3CCC4=CC(=O)C=C[C@]4(C)C3C(O)C[C@@]12C. The number of allylic oxidation sites excluding steroid dienone is 4. The van der Waals surface area contributed by atoms with Gasteiger partial charge in [0.1, 0.15) is 0 Å². The summed E-state index contributed by atoms with van der Waals surface area (Å²) in [6, 6.07) is 0. The van der Waals surface area contributed by atoms with E-state index in [9.17, 15) is 19.5 Å². The molecule has 1 N–H and O–H groups in total. The molecule has 6 aliphatic rings. The van der Waals surface area contributed by atoms with Gasteiger partial charge in [-0.25, -0.2) is 0 Å². The Morgan fingerprint density at radius 3 is 2.62 bits per heavy atom. The van der Waals surface area contributed by atoms with Crippen LogP contribution < -0.4 is 0 Å². The van der Waals surface area contributed by atoms with Gasteiger partial charge in [-0.15, -0.1) is 0 Å². The van der Waals surface area contributed by atoms with E-state index in [4.69, 9.17) is 14.2 Å². The number of aliphatic hydroxyl groups is 1. The lowest BCUT2D eigenvalue weighted by Gasteiger charge is -2.59. The van der Waals surface area contributed by atoms with E-state index in [1.807, 2.05) is 6.08 Å². The number of hydrogen-bond donors (Lipinski definition) is 1. The van der Waals surface area contributed by atoms with Crippen molar-refractivity contribution in [1.82, 2.24) is 0 Å². The Hall–Kier alpha value is -1.83. The van der Waals surface area contributed by atoms with Crippen LogP contribution >= 0.6 is 0 Å². The van der Waals surface area contributed by atoms with Crippen LogP contribution in [0, 0.1) is 40.4 Å². The summed E-state index contributed by atoms with van der Waals surface area (Å²) in [5.41, 5.74) is -1.19. The molecule has 5 aliphatic carbocycles. The highest BCUT2D eigenvalue weighted by atomic mass is 16.7. The van der Waals surface area contributed by atoms with Gasteiger partial charge in [0, 0.05) is 22.7 Å². The number of carbonyl (C=O) groups excluding carboxylic acids is 3. The van der Waals surface area contributed by atoms with Gasteiger partial charge in [-0.2, -0.15) is 0 Å². The molecule has 1 saturated heterocycles. The monoisotopic (exact) mass is 540 g/mol. The number of ketones is 2. The Morgan fingerprint density at radius 2 is 1.90 bits per heavy atom. The molecule has 9 atom stereocenters. The first-order valence-corrected chi connectivity index (χ1v) is 15.2. The van der Waals surface area contributed by atoms with Crippen LogP contribution in [0.3, 0.4) is 0 Å². The van der Waals surface area contributed by atoms with Gasteiger partial charge < -0.3 is 19.3 Å². The molecule has 5 fully saturated rings. The van der Waals surface area contributed by atoms with Crippen molar-refractivity contribution in [3.8, 4) is 0 Å². The van der Waals surface area contributed by atoms with Crippen molar-refractivity contribution in [3.05, 3.63) is 23.8 Å². The van der Waals surface area contributed by atoms with Gasteiger partial charge in [0.15, 0.2) is 24.3 Å². The summed E-state index contributed by atoms with van der Waals surface area (Å²) in [6.07, 6.45) is 12.2. The number of carbonyl (C=O) groups is 3. The number of hydrogen-bond acceptors (Lipinski definition) is 7. The molecule has 0 amide bonds. The number of Topliss-reactive ketones (excluding diaryl/α,β-unsaturated/α-hetero) is 1. The van der Waals surface area contributed by atoms with Gasteiger partial charge in [0.2, 0.25) is 5.78 Å². The fourth-order valence-corrected chi connectivity index (χ4v) is 9.62. The third kappa shape index (κ3) is 3.97. The van der Waals surface area contributed by atoms with Crippen molar-refractivity contribution >= 4 is 17.5 Å². The largest absolute Gasteiger partial charge is 0.457 e. The van der Waals surface area contributed by atoms with Crippen LogP contribution in [0.2, 0.25) is 0 Å². The highest BCUT2D eigenvalue weighted by Gasteiger charge is 2.76. The lowest BCUT2D eigenvalue weighted by molar-refractivity contribution is -0.210. The first kappa shape index (κ1) is 27.3. The van der Waals surface area contributed by atoms with E-state index in [0.29, 0.717) is 12.8 Å². The molecule has 39 heavy (non-hydrogen) atoms. The zero-order valence-corrected chi connectivity index (χ0v) is 23.8. The van der Waals surface area contributed by atoms with Crippen LogP contribution in [0.15, 0.2) is 23.8 Å². The van der Waals surface area contributed by atoms with E-state index in [2.05, 4.69) is 13.8 Å². The average molecular weight is 541 g/mol. The van der Waals surface area contributed by atoms with Gasteiger partial charge in [0.05, 0.1) is 18.1 Å². The molecule has 7 nitrogen and oxygen atoms in total. The minimum absolute atomic E-state index is 0.0162. The maximum Gasteiger partial charge on any atom is 0.308 e. The number of rotatable bonds is 5. The van der Waals surface area contributed by atoms with Crippen molar-refractivity contribution < 1.29 is 33.7 Å². The fourth-order valence-electron chi connectivity index (χ4n) is 9.62. The van der Waals surface area contributed by atoms with Gasteiger partial charge in [-0.3, -0.25) is 14.4 Å². The third-order valence-corrected chi connectivity index (χ3v) is 11.5. The standard InChI is InChI=1S/C32H44O7/c1-18(2)28(36)37-17-25(35)32-26(38-29(39-32)19-8-6-5-7-9-19)15-23-22-11-10-20-14-21(33)12-13-30(20,3)27(22)24(34)16-31(23,32)4/h12-14,18-19,22-24,26-27,29,34H,5-11,15-17H2,1-4H3/t22?,23?,24?,26-,27?,29+,30+,31+,32-/m1/s1. The van der Waals surface area contributed by atoms with Crippen molar-refractivity contribution in [2.45, 2.75) is 110 Å². The van der Waals surface area contributed by atoms with Crippen molar-refractivity contribution in [2.24, 2.45) is 40.4 Å². The molecule has 0 bridgehead atoms. The first-order chi connectivity index (χ1) is 18.5. The molecule has 4 saturated carbocycles. The number of ether oxygens (including phenoxy) is 3. The Labute approximate surface area is 231 Å². The zero-order chi connectivity index (χ0) is 27.7. The van der Waals surface area contributed by atoms with Gasteiger partial charge >= 0.3 is 5.97 Å². The second-order valence-electron chi connectivity index (χ2n) is 13.9. The normalized spacial score (nSPS) is 45.3. The number of esters is 1. The molecule has 6 rings (SSSR count). The summed E-state index contributed by atoms with van der Waals surface area (Å²) in [6.45, 7) is 7.44. The van der Waals surface area contributed by atoms with Crippen LogP contribution in [0.25, 0.3) is 0 Å². The minimum Gasteiger partial charge on any atom is -0.457 e. The Balaban J connectivity index is 1.35. The second kappa shape index (κ2) is 9.63. The molecular formula is C32H44O7. The van der Waals surface area contributed by atoms with Crippen LogP contribution in [0.4, 0.5) is 0 Å². The van der Waals surface area contributed by atoms with Gasteiger partial charge in [0.25, 0.3) is 0 Å². The highest BCUT2D eigenvalue weighted by molar-refractivity contribution is 6.01. The van der Waals surface area contributed by atoms with Crippen LogP contribution in [-0.4, -0.2) is 53.3 Å². The Bertz CT molecular complexity index is 1100. The Morgan fingerprint density at radius 1 is 1.15 bits per heavy atom. The molecular weight excluding hydrogens is 496 g/mol. The first-order valence-electron chi connectivity index (χ1n) is 15.2. The third-order valence-electron chi connectivity index (χ3n) is 11.5. The zero-order valence-electron chi connectivity index (χ0n) is 23.8. The topological polar surface area (TPSA) is 99.1 Å². The molecule has 0 aromatic carbocycles. The summed E-state index contributed by atoms with van der Waals surface area (Å²) in [4.78, 5) is 38.7. The van der Waals surface area contributed by atoms with E-state index in [1.54, 1.807) is 26.0 Å². The predicted molar refractivity (Wildman–Crippen MR) is 143 cm³/mol. The summed E-state index contributed by atoms with van der Waals surface area (Å²) in [5, 5.41) is 11.9. The van der Waals surface area contributed by atoms with Crippen molar-refractivity contribution in [1.29, 1.82) is 0 Å². The molecule has 214 valence electrons. The van der Waals surface area contributed by atoms with Gasteiger partial charge in [-0.1, -0.05) is 58.6 Å². The van der Waals surface area contributed by atoms with E-state index in [0.717, 1.165) is 44.1 Å². The lowest BCUT2D eigenvalue weighted by Crippen LogP contribution is -2.63. The minimum atomic E-state index is -1.25. The number of aliphatic hydroxyl groups excluding tert-OH is 1. The molecule has 1 aliphatic heterocycles. The molecule has 0 radical (unpaired) electrons. The molecule has 0 aromatic heterocycles. The summed E-state index contributed by atoms with van der Waals surface area (Å²) in [5.74, 6) is -0.471. The number of fused-ring (bicyclic) bond motifs is 7. The van der Waals surface area contributed by atoms with E-state index >= 15 is 0 Å². The molecule has 1 heterocycles. The second-order valence-corrected chi connectivity index (χ2v) is 13.9. The fraction of sp³-hybridized carbons (Fsp3) is 0.781. The predicted octanol–water partition coefficient (Wildman–Crippen LogP) is 4.70. The molecule has 0 spiro atoms. The maximum atomic E-state index is 14.2. The van der Waals surface area contributed by atoms with Crippen LogP contribution in [0.1, 0.15) is 85.5 Å². The average Bonchev–Trinajstić information content (AvgIpc) is 3.41. The highest BCUT2D eigenvalue weighted by Crippen LogP contribution is 2.70. The molecule has 7 heteroatoms. The Kier molecular flexibility index (Phi) is 6.75. The van der Waals surface area contributed by atoms with Crippen molar-refractivity contribution in [2.75, 3.05) is 6.61 Å². The summed E-state index contributed by atoms with van der Waals surface area (Å²) < 4.78 is 19.0. The summed E-state index contributed by atoms with van der Waals surface area (Å²) >= 11 is 0. The van der Waals surface area contributed by atoms with E-state index < -0.39 is 35.5 Å². The molecule has 0 aromatic rings. The quantitative estimate of drug-likeness (QED) is 0.505. The molecule has 4 unspecified atom stereocenters. The van der Waals surface area contributed by atoms with Crippen LogP contribution in [-0.2, 0) is 28.6 Å². The lowest BCUT2D eigenvalue weighted by atomic mass is 9.46.